The summed E-state index contributed by atoms with van der Waals surface area (Å²) in [4.78, 5) is 2.48. The number of rotatable bonds is 9. The fourth-order valence-electron chi connectivity index (χ4n) is 3.20. The van der Waals surface area contributed by atoms with E-state index in [-0.39, 0.29) is 10.8 Å². The van der Waals surface area contributed by atoms with Crippen LogP contribution in [-0.2, 0) is 17.3 Å². The lowest BCUT2D eigenvalue weighted by molar-refractivity contribution is 0.324. The Balaban J connectivity index is 2.72. The highest BCUT2D eigenvalue weighted by molar-refractivity contribution is 7.99. The summed E-state index contributed by atoms with van der Waals surface area (Å²) in [5, 5.41) is 10.8. The zero-order valence-corrected chi connectivity index (χ0v) is 19.2. The van der Waals surface area contributed by atoms with Gasteiger partial charge in [-0.25, -0.2) is 0 Å². The molecule has 0 bridgehead atoms. The number of aryl methyl sites for hydroxylation is 1. The van der Waals surface area contributed by atoms with E-state index in [0.29, 0.717) is 5.75 Å². The molecule has 0 amide bonds. The molecule has 3 heteroatoms. The van der Waals surface area contributed by atoms with Gasteiger partial charge < -0.3 is 10.0 Å². The van der Waals surface area contributed by atoms with Crippen molar-refractivity contribution in [2.24, 2.45) is 0 Å². The molecule has 0 heterocycles. The van der Waals surface area contributed by atoms with Crippen molar-refractivity contribution in [2.75, 3.05) is 31.1 Å². The summed E-state index contributed by atoms with van der Waals surface area (Å²) in [5.74, 6) is 2.91. The smallest absolute Gasteiger partial charge is 0.123 e. The number of hydrogen-bond donors (Lipinski definition) is 1. The molecule has 0 saturated heterocycles. The molecular weight excluding hydrogens is 338 g/mol. The Morgan fingerprint density at radius 1 is 0.885 bits per heavy atom. The Morgan fingerprint density at radius 2 is 1.38 bits per heavy atom. The third-order valence-electron chi connectivity index (χ3n) is 4.99. The number of benzene rings is 1. The molecule has 1 N–H and O–H groups in total. The van der Waals surface area contributed by atoms with Crippen molar-refractivity contribution >= 4 is 11.8 Å². The highest BCUT2D eigenvalue weighted by atomic mass is 32.2. The lowest BCUT2D eigenvalue weighted by Crippen LogP contribution is -2.25. The van der Waals surface area contributed by atoms with E-state index in [2.05, 4.69) is 84.2 Å². The van der Waals surface area contributed by atoms with Crippen LogP contribution in [0.25, 0.3) is 0 Å². The molecule has 0 saturated carbocycles. The summed E-state index contributed by atoms with van der Waals surface area (Å²) in [7, 11) is 0. The number of nitrogens with zero attached hydrogens (tertiary/aromatic N) is 1. The highest BCUT2D eigenvalue weighted by Gasteiger charge is 2.26. The van der Waals surface area contributed by atoms with Crippen molar-refractivity contribution in [2.45, 2.75) is 79.1 Å². The molecule has 2 nitrogen and oxygen atoms in total. The van der Waals surface area contributed by atoms with Crippen molar-refractivity contribution in [3.63, 3.8) is 0 Å². The van der Waals surface area contributed by atoms with Crippen LogP contribution in [0.4, 0.5) is 0 Å². The Hall–Kier alpha value is -0.670. The average Bonchev–Trinajstić information content (AvgIpc) is 2.53. The van der Waals surface area contributed by atoms with E-state index in [4.69, 9.17) is 0 Å². The van der Waals surface area contributed by atoms with Crippen LogP contribution in [-0.4, -0.2) is 41.1 Å². The van der Waals surface area contributed by atoms with Crippen molar-refractivity contribution in [1.82, 2.24) is 4.90 Å². The van der Waals surface area contributed by atoms with Crippen LogP contribution in [0, 0.1) is 0 Å². The molecule has 1 rings (SSSR count). The van der Waals surface area contributed by atoms with Crippen LogP contribution in [0.5, 0.6) is 5.75 Å². The van der Waals surface area contributed by atoms with E-state index < -0.39 is 0 Å². The van der Waals surface area contributed by atoms with E-state index in [1.165, 1.54) is 30.0 Å². The Kier molecular flexibility index (Phi) is 9.02. The minimum Gasteiger partial charge on any atom is -0.507 e. The third kappa shape index (κ3) is 7.15. The van der Waals surface area contributed by atoms with Crippen molar-refractivity contribution in [3.05, 3.63) is 28.8 Å². The summed E-state index contributed by atoms with van der Waals surface area (Å²) in [6, 6.07) is 4.45. The monoisotopic (exact) mass is 379 g/mol. The molecule has 1 aromatic carbocycles. The van der Waals surface area contributed by atoms with E-state index >= 15 is 0 Å². The second-order valence-corrected chi connectivity index (χ2v) is 10.5. The van der Waals surface area contributed by atoms with Gasteiger partial charge in [-0.2, -0.15) is 11.8 Å². The summed E-state index contributed by atoms with van der Waals surface area (Å²) in [6.45, 7) is 21.1. The highest BCUT2D eigenvalue weighted by Crippen LogP contribution is 2.40. The van der Waals surface area contributed by atoms with Gasteiger partial charge in [-0.3, -0.25) is 0 Å². The van der Waals surface area contributed by atoms with Crippen LogP contribution in [0.15, 0.2) is 12.1 Å². The predicted octanol–water partition coefficient (Wildman–Crippen LogP) is 5.99. The number of phenols is 1. The first-order chi connectivity index (χ1) is 12.0. The van der Waals surface area contributed by atoms with Gasteiger partial charge in [-0.05, 0) is 59.2 Å². The standard InChI is InChI=1S/C23H41NOS/c1-9-24(10-2)13-15-26-14-11-12-18-16-19(22(3,4)5)21(25)20(17-18)23(6,7)8/h16-17,25H,9-15H2,1-8H3. The molecule has 0 aliphatic rings. The SMILES string of the molecule is CCN(CC)CCSCCCc1cc(C(C)(C)C)c(O)c(C(C)(C)C)c1. The molecular formula is C23H41NOS. The maximum absolute atomic E-state index is 10.8. The molecule has 26 heavy (non-hydrogen) atoms. The Labute approximate surface area is 166 Å². The number of aromatic hydroxyl groups is 1. The van der Waals surface area contributed by atoms with Gasteiger partial charge in [-0.15, -0.1) is 0 Å². The normalized spacial score (nSPS) is 12.8. The maximum atomic E-state index is 10.8. The van der Waals surface area contributed by atoms with Gasteiger partial charge in [0.25, 0.3) is 0 Å². The molecule has 0 radical (unpaired) electrons. The van der Waals surface area contributed by atoms with Crippen LogP contribution in [0.2, 0.25) is 0 Å². The summed E-state index contributed by atoms with van der Waals surface area (Å²) < 4.78 is 0. The quantitative estimate of drug-likeness (QED) is 0.533. The fraction of sp³-hybridized carbons (Fsp3) is 0.739. The maximum Gasteiger partial charge on any atom is 0.123 e. The van der Waals surface area contributed by atoms with E-state index in [0.717, 1.165) is 30.6 Å². The largest absolute Gasteiger partial charge is 0.507 e. The molecule has 0 unspecified atom stereocenters. The van der Waals surface area contributed by atoms with Crippen molar-refractivity contribution < 1.29 is 5.11 Å². The predicted molar refractivity (Wildman–Crippen MR) is 119 cm³/mol. The fourth-order valence-corrected chi connectivity index (χ4v) is 4.14. The zero-order chi connectivity index (χ0) is 20.0. The molecule has 0 spiro atoms. The Bertz CT molecular complexity index is 515. The second-order valence-electron chi connectivity index (χ2n) is 9.28. The molecule has 1 aromatic rings. The van der Waals surface area contributed by atoms with E-state index in [1.54, 1.807) is 0 Å². The van der Waals surface area contributed by atoms with E-state index in [1.807, 2.05) is 0 Å². The number of phenolic OH excluding ortho intramolecular Hbond substituents is 1. The Morgan fingerprint density at radius 3 is 1.81 bits per heavy atom. The molecule has 0 aromatic heterocycles. The van der Waals surface area contributed by atoms with Crippen molar-refractivity contribution in [1.29, 1.82) is 0 Å². The number of thioether (sulfide) groups is 1. The van der Waals surface area contributed by atoms with Gasteiger partial charge in [0.2, 0.25) is 0 Å². The minimum atomic E-state index is -0.0430. The summed E-state index contributed by atoms with van der Waals surface area (Å²) in [6.07, 6.45) is 2.28. The van der Waals surface area contributed by atoms with Crippen molar-refractivity contribution in [3.8, 4) is 5.75 Å². The molecule has 0 aliphatic heterocycles. The summed E-state index contributed by atoms with van der Waals surface area (Å²) in [5.41, 5.74) is 3.43. The van der Waals surface area contributed by atoms with Crippen LogP contribution >= 0.6 is 11.8 Å². The number of hydrogen-bond acceptors (Lipinski definition) is 3. The van der Waals surface area contributed by atoms with Gasteiger partial charge in [0.05, 0.1) is 0 Å². The first-order valence-electron chi connectivity index (χ1n) is 10.2. The molecule has 0 fully saturated rings. The summed E-state index contributed by atoms with van der Waals surface area (Å²) >= 11 is 2.06. The molecule has 0 aliphatic carbocycles. The van der Waals surface area contributed by atoms with Crippen LogP contribution in [0.3, 0.4) is 0 Å². The zero-order valence-electron chi connectivity index (χ0n) is 18.4. The van der Waals surface area contributed by atoms with Gasteiger partial charge in [0, 0.05) is 12.3 Å². The van der Waals surface area contributed by atoms with Gasteiger partial charge >= 0.3 is 0 Å². The van der Waals surface area contributed by atoms with E-state index in [9.17, 15) is 5.11 Å². The first-order valence-corrected chi connectivity index (χ1v) is 11.3. The lowest BCUT2D eigenvalue weighted by atomic mass is 9.78. The van der Waals surface area contributed by atoms with Crippen LogP contribution in [0.1, 0.15) is 78.5 Å². The topological polar surface area (TPSA) is 23.5 Å². The van der Waals surface area contributed by atoms with Gasteiger partial charge in [0.1, 0.15) is 5.75 Å². The van der Waals surface area contributed by atoms with Crippen LogP contribution < -0.4 is 0 Å². The molecule has 0 atom stereocenters. The minimum absolute atomic E-state index is 0.0430. The van der Waals surface area contributed by atoms with Gasteiger partial charge in [0.15, 0.2) is 0 Å². The lowest BCUT2D eigenvalue weighted by Gasteiger charge is -2.28. The average molecular weight is 380 g/mol. The second kappa shape index (κ2) is 10.0. The molecule has 150 valence electrons. The third-order valence-corrected chi connectivity index (χ3v) is 6.03. The first kappa shape index (κ1) is 23.4. The van der Waals surface area contributed by atoms with Gasteiger partial charge in [-0.1, -0.05) is 67.5 Å².